The maximum atomic E-state index is 13.1. The average Bonchev–Trinajstić information content (AvgIpc) is 3.50. The largest absolute Gasteiger partial charge is 0.493 e. The minimum Gasteiger partial charge on any atom is -0.493 e. The molecule has 0 radical (unpaired) electrons. The van der Waals surface area contributed by atoms with Gasteiger partial charge < -0.3 is 19.7 Å². The van der Waals surface area contributed by atoms with Gasteiger partial charge in [0.25, 0.3) is 5.91 Å². The maximum Gasteiger partial charge on any atom is 0.258 e. The Morgan fingerprint density at radius 1 is 1.13 bits per heavy atom. The predicted octanol–water partition coefficient (Wildman–Crippen LogP) is 3.19. The van der Waals surface area contributed by atoms with E-state index in [1.807, 2.05) is 31.2 Å². The lowest BCUT2D eigenvalue weighted by Gasteiger charge is -2.25. The fourth-order valence-electron chi connectivity index (χ4n) is 3.76. The van der Waals surface area contributed by atoms with E-state index in [1.54, 1.807) is 23.2 Å². The predicted molar refractivity (Wildman–Crippen MR) is 116 cm³/mol. The number of aromatic nitrogens is 1. The lowest BCUT2D eigenvalue weighted by molar-refractivity contribution is -0.125. The summed E-state index contributed by atoms with van der Waals surface area (Å²) >= 11 is 0. The molecule has 2 heterocycles. The SMILES string of the molecule is CCOc1ccccc1C(=O)N1CCCC1C(=O)NCc1ccc(OCC2CC2)nc1. The summed E-state index contributed by atoms with van der Waals surface area (Å²) in [5.74, 6) is 1.53. The van der Waals surface area contributed by atoms with E-state index in [0.29, 0.717) is 49.2 Å². The molecule has 31 heavy (non-hydrogen) atoms. The number of ether oxygens (including phenoxy) is 2. The van der Waals surface area contributed by atoms with Gasteiger partial charge >= 0.3 is 0 Å². The zero-order valence-electron chi connectivity index (χ0n) is 17.9. The van der Waals surface area contributed by atoms with Crippen molar-refractivity contribution in [2.24, 2.45) is 5.92 Å². The van der Waals surface area contributed by atoms with E-state index in [-0.39, 0.29) is 11.8 Å². The van der Waals surface area contributed by atoms with E-state index >= 15 is 0 Å². The van der Waals surface area contributed by atoms with Gasteiger partial charge in [-0.15, -0.1) is 0 Å². The van der Waals surface area contributed by atoms with Crippen LogP contribution in [-0.2, 0) is 11.3 Å². The summed E-state index contributed by atoms with van der Waals surface area (Å²) in [6.07, 6.45) is 5.65. The minimum atomic E-state index is -0.476. The molecule has 1 N–H and O–H groups in total. The highest BCUT2D eigenvalue weighted by Gasteiger charge is 2.35. The highest BCUT2D eigenvalue weighted by molar-refractivity contribution is 6.00. The van der Waals surface area contributed by atoms with Crippen LogP contribution in [0.3, 0.4) is 0 Å². The van der Waals surface area contributed by atoms with Crippen LogP contribution < -0.4 is 14.8 Å². The van der Waals surface area contributed by atoms with Crippen LogP contribution in [0.4, 0.5) is 0 Å². The van der Waals surface area contributed by atoms with Gasteiger partial charge in [0, 0.05) is 25.4 Å². The molecule has 1 atom stereocenters. The summed E-state index contributed by atoms with van der Waals surface area (Å²) in [6.45, 7) is 4.01. The van der Waals surface area contributed by atoms with E-state index in [2.05, 4.69) is 10.3 Å². The van der Waals surface area contributed by atoms with Crippen LogP contribution in [0, 0.1) is 5.92 Å². The summed E-state index contributed by atoms with van der Waals surface area (Å²) in [5.41, 5.74) is 1.39. The molecule has 4 rings (SSSR count). The number of para-hydroxylation sites is 1. The van der Waals surface area contributed by atoms with Crippen molar-refractivity contribution >= 4 is 11.8 Å². The molecule has 1 aromatic carbocycles. The molecule has 0 spiro atoms. The van der Waals surface area contributed by atoms with Crippen LogP contribution in [0.15, 0.2) is 42.6 Å². The number of nitrogens with one attached hydrogen (secondary N) is 1. The van der Waals surface area contributed by atoms with Crippen molar-refractivity contribution in [3.63, 3.8) is 0 Å². The maximum absolute atomic E-state index is 13.1. The molecule has 1 aliphatic heterocycles. The number of rotatable bonds is 9. The Kier molecular flexibility index (Phi) is 6.70. The van der Waals surface area contributed by atoms with Gasteiger partial charge in [-0.3, -0.25) is 9.59 Å². The van der Waals surface area contributed by atoms with E-state index in [1.165, 1.54) is 12.8 Å². The van der Waals surface area contributed by atoms with Gasteiger partial charge in [-0.25, -0.2) is 4.98 Å². The molecule has 2 fully saturated rings. The third kappa shape index (κ3) is 5.34. The first kappa shape index (κ1) is 21.2. The van der Waals surface area contributed by atoms with Gasteiger partial charge in [-0.1, -0.05) is 18.2 Å². The van der Waals surface area contributed by atoms with Crippen molar-refractivity contribution in [2.75, 3.05) is 19.8 Å². The van der Waals surface area contributed by atoms with E-state index in [0.717, 1.165) is 18.6 Å². The van der Waals surface area contributed by atoms with Crippen molar-refractivity contribution in [3.8, 4) is 11.6 Å². The highest BCUT2D eigenvalue weighted by Crippen LogP contribution is 2.29. The molecule has 2 amide bonds. The standard InChI is InChI=1S/C24H29N3O4/c1-2-30-21-8-4-3-6-19(21)24(29)27-13-5-7-20(27)23(28)26-15-18-11-12-22(25-14-18)31-16-17-9-10-17/h3-4,6,8,11-12,14,17,20H,2,5,7,9-10,13,15-16H2,1H3,(H,26,28). The van der Waals surface area contributed by atoms with Gasteiger partial charge in [-0.05, 0) is 56.2 Å². The zero-order chi connectivity index (χ0) is 21.6. The van der Waals surface area contributed by atoms with Gasteiger partial charge in [0.1, 0.15) is 11.8 Å². The van der Waals surface area contributed by atoms with Crippen LogP contribution in [0.25, 0.3) is 0 Å². The van der Waals surface area contributed by atoms with Gasteiger partial charge in [-0.2, -0.15) is 0 Å². The molecule has 0 bridgehead atoms. The minimum absolute atomic E-state index is 0.145. The lowest BCUT2D eigenvalue weighted by atomic mass is 10.1. The number of hydrogen-bond acceptors (Lipinski definition) is 5. The first-order valence-electron chi connectivity index (χ1n) is 11.0. The van der Waals surface area contributed by atoms with Gasteiger partial charge in [0.15, 0.2) is 0 Å². The lowest BCUT2D eigenvalue weighted by Crippen LogP contribution is -2.45. The van der Waals surface area contributed by atoms with Crippen molar-refractivity contribution in [1.82, 2.24) is 15.2 Å². The van der Waals surface area contributed by atoms with Crippen molar-refractivity contribution in [1.29, 1.82) is 0 Å². The third-order valence-electron chi connectivity index (χ3n) is 5.66. The number of benzene rings is 1. The van der Waals surface area contributed by atoms with Crippen LogP contribution in [-0.4, -0.2) is 47.5 Å². The number of likely N-dealkylation sites (tertiary alicyclic amines) is 1. The Bertz CT molecular complexity index is 911. The van der Waals surface area contributed by atoms with E-state index in [4.69, 9.17) is 9.47 Å². The summed E-state index contributed by atoms with van der Waals surface area (Å²) in [6, 6.07) is 10.5. The van der Waals surface area contributed by atoms with E-state index < -0.39 is 6.04 Å². The molecule has 1 aliphatic carbocycles. The fourth-order valence-corrected chi connectivity index (χ4v) is 3.76. The molecule has 2 aromatic rings. The number of hydrogen-bond donors (Lipinski definition) is 1. The molecular formula is C24H29N3O4. The number of carbonyl (C=O) groups is 2. The van der Waals surface area contributed by atoms with Crippen LogP contribution >= 0.6 is 0 Å². The summed E-state index contributed by atoms with van der Waals surface area (Å²) in [5, 5.41) is 2.95. The monoisotopic (exact) mass is 423 g/mol. The second-order valence-corrected chi connectivity index (χ2v) is 8.06. The summed E-state index contributed by atoms with van der Waals surface area (Å²) < 4.78 is 11.2. The number of pyridine rings is 1. The smallest absolute Gasteiger partial charge is 0.258 e. The Labute approximate surface area is 182 Å². The summed E-state index contributed by atoms with van der Waals surface area (Å²) in [4.78, 5) is 31.9. The molecule has 1 saturated heterocycles. The number of carbonyl (C=O) groups excluding carboxylic acids is 2. The molecule has 2 aliphatic rings. The second-order valence-electron chi connectivity index (χ2n) is 8.06. The van der Waals surface area contributed by atoms with Crippen molar-refractivity contribution in [3.05, 3.63) is 53.7 Å². The second kappa shape index (κ2) is 9.81. The fraction of sp³-hybridized carbons (Fsp3) is 0.458. The Morgan fingerprint density at radius 3 is 2.71 bits per heavy atom. The van der Waals surface area contributed by atoms with Crippen molar-refractivity contribution in [2.45, 2.75) is 45.2 Å². The van der Waals surface area contributed by atoms with Crippen LogP contribution in [0.2, 0.25) is 0 Å². The Balaban J connectivity index is 1.34. The quantitative estimate of drug-likeness (QED) is 0.670. The molecule has 1 saturated carbocycles. The molecule has 7 nitrogen and oxygen atoms in total. The topological polar surface area (TPSA) is 80.8 Å². The zero-order valence-corrected chi connectivity index (χ0v) is 17.9. The number of amides is 2. The first-order valence-corrected chi connectivity index (χ1v) is 11.0. The molecular weight excluding hydrogens is 394 g/mol. The molecule has 1 aromatic heterocycles. The molecule has 7 heteroatoms. The van der Waals surface area contributed by atoms with Crippen LogP contribution in [0.1, 0.15) is 48.5 Å². The van der Waals surface area contributed by atoms with E-state index in [9.17, 15) is 9.59 Å². The normalized spacial score (nSPS) is 18.0. The Morgan fingerprint density at radius 2 is 1.97 bits per heavy atom. The third-order valence-corrected chi connectivity index (χ3v) is 5.66. The molecule has 164 valence electrons. The average molecular weight is 424 g/mol. The molecule has 1 unspecified atom stereocenters. The number of nitrogens with zero attached hydrogens (tertiary/aromatic N) is 2. The van der Waals surface area contributed by atoms with Gasteiger partial charge in [0.2, 0.25) is 11.8 Å². The summed E-state index contributed by atoms with van der Waals surface area (Å²) in [7, 11) is 0. The Hall–Kier alpha value is -3.09. The van der Waals surface area contributed by atoms with Crippen LogP contribution in [0.5, 0.6) is 11.6 Å². The van der Waals surface area contributed by atoms with Gasteiger partial charge in [0.05, 0.1) is 18.8 Å². The first-order chi connectivity index (χ1) is 15.2. The van der Waals surface area contributed by atoms with Crippen molar-refractivity contribution < 1.29 is 19.1 Å². The highest BCUT2D eigenvalue weighted by atomic mass is 16.5.